The van der Waals surface area contributed by atoms with Gasteiger partial charge in [0.2, 0.25) is 0 Å². The van der Waals surface area contributed by atoms with Gasteiger partial charge >= 0.3 is 0 Å². The molecule has 1 aliphatic carbocycles. The highest BCUT2D eigenvalue weighted by Gasteiger charge is 2.20. The van der Waals surface area contributed by atoms with Gasteiger partial charge in [-0.3, -0.25) is 0 Å². The highest BCUT2D eigenvalue weighted by atomic mass is 79.9. The summed E-state index contributed by atoms with van der Waals surface area (Å²) in [5, 5.41) is 13.2. The minimum absolute atomic E-state index is 0.349. The molecule has 1 heterocycles. The number of aliphatic hydroxyl groups excluding tert-OH is 1. The average Bonchev–Trinajstić information content (AvgIpc) is 2.82. The summed E-state index contributed by atoms with van der Waals surface area (Å²) in [6.07, 6.45) is 4.79. The number of halogens is 1. The minimum atomic E-state index is -0.421. The van der Waals surface area contributed by atoms with Crippen LogP contribution in [0.2, 0.25) is 0 Å². The van der Waals surface area contributed by atoms with Gasteiger partial charge in [-0.15, -0.1) is 11.3 Å². The van der Waals surface area contributed by atoms with Crippen molar-refractivity contribution < 1.29 is 9.84 Å². The standard InChI is InChI=1S/C15H24BrNO2S/c1-11-3-2-4-13(7-11)19-10-12(18)8-17-9-14-5-6-15(16)20-14/h5-6,11-13,17-18H,2-4,7-10H2,1H3. The number of nitrogens with one attached hydrogen (secondary N) is 1. The Morgan fingerprint density at radius 1 is 1.50 bits per heavy atom. The molecule has 1 aliphatic rings. The summed E-state index contributed by atoms with van der Waals surface area (Å²) in [5.74, 6) is 0.765. The molecule has 2 rings (SSSR count). The third-order valence-corrected chi connectivity index (χ3v) is 5.34. The molecule has 2 N–H and O–H groups in total. The lowest BCUT2D eigenvalue weighted by Crippen LogP contribution is -2.32. The lowest BCUT2D eigenvalue weighted by atomic mass is 9.89. The third-order valence-electron chi connectivity index (χ3n) is 3.72. The van der Waals surface area contributed by atoms with Crippen molar-refractivity contribution in [3.05, 3.63) is 20.8 Å². The van der Waals surface area contributed by atoms with Crippen LogP contribution < -0.4 is 5.32 Å². The van der Waals surface area contributed by atoms with E-state index in [-0.39, 0.29) is 0 Å². The first-order chi connectivity index (χ1) is 9.63. The molecule has 0 radical (unpaired) electrons. The van der Waals surface area contributed by atoms with Gasteiger partial charge in [-0.05, 0) is 46.8 Å². The van der Waals surface area contributed by atoms with Crippen LogP contribution in [0.15, 0.2) is 15.9 Å². The number of hydrogen-bond donors (Lipinski definition) is 2. The van der Waals surface area contributed by atoms with Crippen molar-refractivity contribution in [1.82, 2.24) is 5.32 Å². The zero-order valence-electron chi connectivity index (χ0n) is 12.0. The van der Waals surface area contributed by atoms with Crippen LogP contribution in [0.25, 0.3) is 0 Å². The Morgan fingerprint density at radius 3 is 3.05 bits per heavy atom. The van der Waals surface area contributed by atoms with Crippen molar-refractivity contribution in [3.8, 4) is 0 Å². The highest BCUT2D eigenvalue weighted by Crippen LogP contribution is 2.25. The van der Waals surface area contributed by atoms with Crippen molar-refractivity contribution >= 4 is 27.3 Å². The normalized spacial score (nSPS) is 24.8. The van der Waals surface area contributed by atoms with E-state index in [0.29, 0.717) is 19.3 Å². The number of thiophene rings is 1. The maximum atomic E-state index is 9.94. The Hall–Kier alpha value is 0.0600. The van der Waals surface area contributed by atoms with Crippen molar-refractivity contribution in [2.75, 3.05) is 13.2 Å². The predicted octanol–water partition coefficient (Wildman–Crippen LogP) is 3.56. The summed E-state index contributed by atoms with van der Waals surface area (Å²) in [6, 6.07) is 4.14. The molecule has 0 bridgehead atoms. The average molecular weight is 362 g/mol. The molecular formula is C15H24BrNO2S. The topological polar surface area (TPSA) is 41.5 Å². The first kappa shape index (κ1) is 16.4. The van der Waals surface area contributed by atoms with Gasteiger partial charge in [-0.1, -0.05) is 19.8 Å². The highest BCUT2D eigenvalue weighted by molar-refractivity contribution is 9.11. The zero-order valence-corrected chi connectivity index (χ0v) is 14.4. The van der Waals surface area contributed by atoms with Gasteiger partial charge in [0.05, 0.1) is 22.6 Å². The monoisotopic (exact) mass is 361 g/mol. The van der Waals surface area contributed by atoms with Gasteiger partial charge in [-0.2, -0.15) is 0 Å². The molecule has 1 saturated carbocycles. The summed E-state index contributed by atoms with van der Waals surface area (Å²) < 4.78 is 6.97. The van der Waals surface area contributed by atoms with E-state index in [1.165, 1.54) is 17.7 Å². The SMILES string of the molecule is CC1CCCC(OCC(O)CNCc2ccc(Br)s2)C1. The number of aliphatic hydroxyl groups is 1. The predicted molar refractivity (Wildman–Crippen MR) is 87.1 cm³/mol. The van der Waals surface area contributed by atoms with Crippen LogP contribution in [-0.4, -0.2) is 30.5 Å². The molecule has 1 aromatic rings. The lowest BCUT2D eigenvalue weighted by molar-refractivity contribution is -0.0306. The molecule has 1 aromatic heterocycles. The number of ether oxygens (including phenoxy) is 1. The number of rotatable bonds is 7. The first-order valence-electron chi connectivity index (χ1n) is 7.38. The fourth-order valence-corrected chi connectivity index (χ4v) is 4.10. The summed E-state index contributed by atoms with van der Waals surface area (Å²) in [5.41, 5.74) is 0. The van der Waals surface area contributed by atoms with Gasteiger partial charge in [0, 0.05) is 18.0 Å². The summed E-state index contributed by atoms with van der Waals surface area (Å²) in [6.45, 7) is 4.11. The molecule has 0 spiro atoms. The van der Waals surface area contributed by atoms with Gasteiger partial charge < -0.3 is 15.2 Å². The molecule has 5 heteroatoms. The molecule has 0 amide bonds. The summed E-state index contributed by atoms with van der Waals surface area (Å²) in [7, 11) is 0. The molecule has 0 aliphatic heterocycles. The quantitative estimate of drug-likeness (QED) is 0.779. The van der Waals surface area contributed by atoms with Gasteiger partial charge in [0.1, 0.15) is 0 Å². The van der Waals surface area contributed by atoms with Crippen LogP contribution in [0.5, 0.6) is 0 Å². The van der Waals surface area contributed by atoms with Crippen LogP contribution in [-0.2, 0) is 11.3 Å². The second kappa shape index (κ2) is 8.49. The fraction of sp³-hybridized carbons (Fsp3) is 0.733. The molecule has 0 saturated heterocycles. The molecule has 3 nitrogen and oxygen atoms in total. The Bertz CT molecular complexity index is 399. The second-order valence-corrected chi connectivity index (χ2v) is 8.27. The van der Waals surface area contributed by atoms with E-state index in [2.05, 4.69) is 34.2 Å². The van der Waals surface area contributed by atoms with E-state index < -0.39 is 6.10 Å². The summed E-state index contributed by atoms with van der Waals surface area (Å²) >= 11 is 5.17. The minimum Gasteiger partial charge on any atom is -0.389 e. The van der Waals surface area contributed by atoms with Gasteiger partial charge in [0.15, 0.2) is 0 Å². The second-order valence-electron chi connectivity index (χ2n) is 5.72. The van der Waals surface area contributed by atoms with E-state index in [9.17, 15) is 5.11 Å². The van der Waals surface area contributed by atoms with Crippen molar-refractivity contribution in [2.45, 2.75) is 51.4 Å². The Kier molecular flexibility index (Phi) is 6.97. The van der Waals surface area contributed by atoms with E-state index in [4.69, 9.17) is 4.74 Å². The maximum Gasteiger partial charge on any atom is 0.0897 e. The van der Waals surface area contributed by atoms with Crippen molar-refractivity contribution in [3.63, 3.8) is 0 Å². The van der Waals surface area contributed by atoms with E-state index in [0.717, 1.165) is 29.1 Å². The molecule has 3 atom stereocenters. The smallest absolute Gasteiger partial charge is 0.0897 e. The Labute approximate surface area is 133 Å². The van der Waals surface area contributed by atoms with Crippen LogP contribution in [0, 0.1) is 5.92 Å². The molecule has 20 heavy (non-hydrogen) atoms. The fourth-order valence-electron chi connectivity index (χ4n) is 2.64. The van der Waals surface area contributed by atoms with Crippen LogP contribution in [0.1, 0.15) is 37.5 Å². The van der Waals surface area contributed by atoms with E-state index >= 15 is 0 Å². The number of hydrogen-bond acceptors (Lipinski definition) is 4. The summed E-state index contributed by atoms with van der Waals surface area (Å²) in [4.78, 5) is 1.27. The first-order valence-corrected chi connectivity index (χ1v) is 8.99. The van der Waals surface area contributed by atoms with Gasteiger partial charge in [-0.25, -0.2) is 0 Å². The molecule has 3 unspecified atom stereocenters. The molecule has 114 valence electrons. The largest absolute Gasteiger partial charge is 0.389 e. The van der Waals surface area contributed by atoms with Crippen molar-refractivity contribution in [2.24, 2.45) is 5.92 Å². The maximum absolute atomic E-state index is 9.94. The van der Waals surface area contributed by atoms with Crippen LogP contribution >= 0.6 is 27.3 Å². The van der Waals surface area contributed by atoms with E-state index in [1.54, 1.807) is 11.3 Å². The third kappa shape index (κ3) is 5.82. The van der Waals surface area contributed by atoms with Gasteiger partial charge in [0.25, 0.3) is 0 Å². The molecular weight excluding hydrogens is 338 g/mol. The Morgan fingerprint density at radius 2 is 2.35 bits per heavy atom. The van der Waals surface area contributed by atoms with Crippen LogP contribution in [0.4, 0.5) is 0 Å². The van der Waals surface area contributed by atoms with Crippen molar-refractivity contribution in [1.29, 1.82) is 0 Å². The van der Waals surface area contributed by atoms with Crippen LogP contribution in [0.3, 0.4) is 0 Å². The zero-order chi connectivity index (χ0) is 14.4. The van der Waals surface area contributed by atoms with E-state index in [1.807, 2.05) is 6.07 Å². The molecule has 1 fully saturated rings. The lowest BCUT2D eigenvalue weighted by Gasteiger charge is -2.27. The Balaban J connectivity index is 1.57. The molecule has 0 aromatic carbocycles.